The van der Waals surface area contributed by atoms with Gasteiger partial charge in [0.05, 0.1) is 12.1 Å². The summed E-state index contributed by atoms with van der Waals surface area (Å²) < 4.78 is 5.93. The van der Waals surface area contributed by atoms with Gasteiger partial charge >= 0.3 is 0 Å². The number of aromatic nitrogens is 1. The number of para-hydroxylation sites is 1. The first-order chi connectivity index (χ1) is 9.63. The Bertz CT molecular complexity index is 566. The summed E-state index contributed by atoms with van der Waals surface area (Å²) in [6.07, 6.45) is 3.90. The molecule has 2 rings (SSSR count). The van der Waals surface area contributed by atoms with Crippen LogP contribution >= 0.6 is 0 Å². The Morgan fingerprint density at radius 2 is 1.85 bits per heavy atom. The Labute approximate surface area is 121 Å². The fraction of sp³-hybridized carbons (Fsp3) is 0.353. The number of benzene rings is 1. The minimum absolute atomic E-state index is 0.0821. The van der Waals surface area contributed by atoms with Crippen molar-refractivity contribution in [1.82, 2.24) is 10.3 Å². The van der Waals surface area contributed by atoms with Gasteiger partial charge < -0.3 is 10.1 Å². The van der Waals surface area contributed by atoms with Crippen molar-refractivity contribution in [1.29, 1.82) is 0 Å². The van der Waals surface area contributed by atoms with E-state index in [-0.39, 0.29) is 12.1 Å². The van der Waals surface area contributed by atoms with E-state index >= 15 is 0 Å². The molecular weight excluding hydrogens is 248 g/mol. The Morgan fingerprint density at radius 3 is 2.50 bits per heavy atom. The van der Waals surface area contributed by atoms with E-state index in [4.69, 9.17) is 4.74 Å². The molecule has 0 aliphatic rings. The third-order valence-electron chi connectivity index (χ3n) is 3.27. The Morgan fingerprint density at radius 1 is 1.10 bits per heavy atom. The largest absolute Gasteiger partial charge is 0.491 e. The lowest BCUT2D eigenvalue weighted by molar-refractivity contribution is 0.238. The lowest BCUT2D eigenvalue weighted by Gasteiger charge is -2.22. The third kappa shape index (κ3) is 3.17. The van der Waals surface area contributed by atoms with Crippen molar-refractivity contribution in [3.63, 3.8) is 0 Å². The average molecular weight is 270 g/mol. The summed E-state index contributed by atoms with van der Waals surface area (Å²) in [5.74, 6) is 0.921. The first-order valence-electron chi connectivity index (χ1n) is 6.96. The highest BCUT2D eigenvalue weighted by molar-refractivity contribution is 5.43. The Balaban J connectivity index is 2.45. The van der Waals surface area contributed by atoms with Crippen molar-refractivity contribution in [3.05, 3.63) is 59.4 Å². The molecule has 0 amide bonds. The molecule has 0 spiro atoms. The van der Waals surface area contributed by atoms with E-state index in [9.17, 15) is 0 Å². The molecule has 20 heavy (non-hydrogen) atoms. The van der Waals surface area contributed by atoms with Crippen molar-refractivity contribution >= 4 is 0 Å². The third-order valence-corrected chi connectivity index (χ3v) is 3.27. The molecular formula is C17H22N2O. The number of pyridine rings is 1. The highest BCUT2D eigenvalue weighted by Gasteiger charge is 2.18. The molecule has 1 N–H and O–H groups in total. The number of hydrogen-bond donors (Lipinski definition) is 1. The van der Waals surface area contributed by atoms with Gasteiger partial charge in [0, 0.05) is 18.0 Å². The molecule has 0 bridgehead atoms. The van der Waals surface area contributed by atoms with Gasteiger partial charge in [0.25, 0.3) is 0 Å². The molecule has 0 saturated carbocycles. The lowest BCUT2D eigenvalue weighted by Crippen LogP contribution is -2.20. The van der Waals surface area contributed by atoms with Crippen LogP contribution in [0, 0.1) is 6.92 Å². The fourth-order valence-corrected chi connectivity index (χ4v) is 2.34. The topological polar surface area (TPSA) is 34.2 Å². The predicted molar refractivity (Wildman–Crippen MR) is 82.1 cm³/mol. The number of nitrogens with zero attached hydrogens (tertiary/aromatic N) is 1. The minimum atomic E-state index is 0.0821. The van der Waals surface area contributed by atoms with Crippen molar-refractivity contribution < 1.29 is 4.74 Å². The molecule has 1 heterocycles. The van der Waals surface area contributed by atoms with Gasteiger partial charge in [-0.2, -0.15) is 0 Å². The maximum atomic E-state index is 5.93. The first kappa shape index (κ1) is 14.5. The molecule has 0 radical (unpaired) electrons. The van der Waals surface area contributed by atoms with Crippen LogP contribution in [0.25, 0.3) is 0 Å². The van der Waals surface area contributed by atoms with Crippen molar-refractivity contribution in [2.24, 2.45) is 0 Å². The second-order valence-electron chi connectivity index (χ2n) is 5.16. The van der Waals surface area contributed by atoms with Gasteiger partial charge in [-0.05, 0) is 51.1 Å². The van der Waals surface area contributed by atoms with Gasteiger partial charge in [-0.25, -0.2) is 0 Å². The highest BCUT2D eigenvalue weighted by atomic mass is 16.5. The predicted octanol–water partition coefficient (Wildman–Crippen LogP) is 3.49. The first-order valence-corrected chi connectivity index (χ1v) is 6.96. The second kappa shape index (κ2) is 6.53. The smallest absolute Gasteiger partial charge is 0.124 e. The quantitative estimate of drug-likeness (QED) is 0.903. The molecule has 3 heteroatoms. The van der Waals surface area contributed by atoms with Crippen LogP contribution in [0.1, 0.15) is 36.6 Å². The van der Waals surface area contributed by atoms with Gasteiger partial charge in [-0.1, -0.05) is 18.2 Å². The van der Waals surface area contributed by atoms with Crippen molar-refractivity contribution in [2.75, 3.05) is 7.05 Å². The second-order valence-corrected chi connectivity index (χ2v) is 5.16. The zero-order valence-electron chi connectivity index (χ0n) is 12.6. The minimum Gasteiger partial charge on any atom is -0.491 e. The fourth-order valence-electron chi connectivity index (χ4n) is 2.34. The number of hydrogen-bond acceptors (Lipinski definition) is 3. The molecule has 3 nitrogen and oxygen atoms in total. The Kier molecular flexibility index (Phi) is 4.74. The van der Waals surface area contributed by atoms with Gasteiger partial charge in [-0.15, -0.1) is 0 Å². The van der Waals surface area contributed by atoms with Gasteiger partial charge in [0.1, 0.15) is 5.75 Å². The highest BCUT2D eigenvalue weighted by Crippen LogP contribution is 2.31. The van der Waals surface area contributed by atoms with E-state index in [1.54, 1.807) is 0 Å². The van der Waals surface area contributed by atoms with E-state index in [1.165, 1.54) is 11.1 Å². The van der Waals surface area contributed by atoms with Crippen LogP contribution in [0.15, 0.2) is 42.7 Å². The molecule has 0 aliphatic heterocycles. The zero-order valence-corrected chi connectivity index (χ0v) is 12.6. The van der Waals surface area contributed by atoms with E-state index in [1.807, 2.05) is 57.6 Å². The summed E-state index contributed by atoms with van der Waals surface area (Å²) in [4.78, 5) is 4.25. The summed E-state index contributed by atoms with van der Waals surface area (Å²) in [5.41, 5.74) is 3.54. The number of ether oxygens (including phenoxy) is 1. The van der Waals surface area contributed by atoms with Crippen LogP contribution in [0.2, 0.25) is 0 Å². The van der Waals surface area contributed by atoms with Crippen LogP contribution in [-0.4, -0.2) is 18.1 Å². The van der Waals surface area contributed by atoms with Crippen LogP contribution in [0.3, 0.4) is 0 Å². The summed E-state index contributed by atoms with van der Waals surface area (Å²) >= 11 is 0. The monoisotopic (exact) mass is 270 g/mol. The van der Waals surface area contributed by atoms with Crippen LogP contribution in [0.4, 0.5) is 0 Å². The number of aryl methyl sites for hydroxylation is 1. The van der Waals surface area contributed by atoms with Gasteiger partial charge in [0.2, 0.25) is 0 Å². The van der Waals surface area contributed by atoms with E-state index in [0.29, 0.717) is 0 Å². The standard InChI is InChI=1S/C17H22N2O/c1-12(2)20-16-8-6-5-7-14(16)17(18-4)15-11-19-10-9-13(15)3/h5-12,17-18H,1-4H3. The van der Waals surface area contributed by atoms with E-state index in [0.717, 1.165) is 11.3 Å². The van der Waals surface area contributed by atoms with Gasteiger partial charge in [-0.3, -0.25) is 4.98 Å². The molecule has 0 fully saturated rings. The lowest BCUT2D eigenvalue weighted by atomic mass is 9.96. The van der Waals surface area contributed by atoms with E-state index in [2.05, 4.69) is 23.3 Å². The molecule has 2 aromatic rings. The summed E-state index contributed by atoms with van der Waals surface area (Å²) in [7, 11) is 1.96. The van der Waals surface area contributed by atoms with Crippen LogP contribution in [0.5, 0.6) is 5.75 Å². The van der Waals surface area contributed by atoms with E-state index < -0.39 is 0 Å². The van der Waals surface area contributed by atoms with Gasteiger partial charge in [0.15, 0.2) is 0 Å². The normalized spacial score (nSPS) is 12.4. The zero-order chi connectivity index (χ0) is 14.5. The summed E-state index contributed by atoms with van der Waals surface area (Å²) in [6, 6.07) is 10.3. The summed E-state index contributed by atoms with van der Waals surface area (Å²) in [5, 5.41) is 3.37. The van der Waals surface area contributed by atoms with Crippen LogP contribution < -0.4 is 10.1 Å². The maximum Gasteiger partial charge on any atom is 0.124 e. The molecule has 1 aromatic heterocycles. The molecule has 106 valence electrons. The molecule has 1 unspecified atom stereocenters. The molecule has 1 aromatic carbocycles. The maximum absolute atomic E-state index is 5.93. The number of rotatable bonds is 5. The molecule has 0 aliphatic carbocycles. The molecule has 0 saturated heterocycles. The Hall–Kier alpha value is -1.87. The number of nitrogens with one attached hydrogen (secondary N) is 1. The average Bonchev–Trinajstić information content (AvgIpc) is 2.43. The SMILES string of the molecule is CNC(c1cnccc1C)c1ccccc1OC(C)C. The van der Waals surface area contributed by atoms with Crippen molar-refractivity contribution in [2.45, 2.75) is 32.9 Å². The summed E-state index contributed by atoms with van der Waals surface area (Å²) in [6.45, 7) is 6.19. The molecule has 1 atom stereocenters. The van der Waals surface area contributed by atoms with Crippen molar-refractivity contribution in [3.8, 4) is 5.75 Å². The van der Waals surface area contributed by atoms with Crippen LogP contribution in [-0.2, 0) is 0 Å².